The summed E-state index contributed by atoms with van der Waals surface area (Å²) in [6.45, 7) is 5.03. The van der Waals surface area contributed by atoms with Gasteiger partial charge in [0, 0.05) is 18.3 Å². The predicted molar refractivity (Wildman–Crippen MR) is 81.3 cm³/mol. The van der Waals surface area contributed by atoms with Gasteiger partial charge in [0.25, 0.3) is 5.91 Å². The zero-order chi connectivity index (χ0) is 15.7. The van der Waals surface area contributed by atoms with E-state index in [2.05, 4.69) is 44.8 Å². The molecular formula is C14H17ClN6O. The van der Waals surface area contributed by atoms with Crippen LogP contribution in [0, 0.1) is 11.3 Å². The summed E-state index contributed by atoms with van der Waals surface area (Å²) in [6.07, 6.45) is 3.83. The molecule has 0 radical (unpaired) electrons. The molecule has 0 bridgehead atoms. The number of hydrogen-bond donors (Lipinski definition) is 2. The third-order valence-electron chi connectivity index (χ3n) is 4.38. The minimum Gasteiger partial charge on any atom is -0.350 e. The van der Waals surface area contributed by atoms with Crippen molar-refractivity contribution in [1.82, 2.24) is 30.9 Å². The summed E-state index contributed by atoms with van der Waals surface area (Å²) in [5, 5.41) is 16.8. The predicted octanol–water partition coefficient (Wildman–Crippen LogP) is 2.08. The lowest BCUT2D eigenvalue weighted by atomic mass is 9.92. The Morgan fingerprint density at radius 1 is 1.50 bits per heavy atom. The largest absolute Gasteiger partial charge is 0.350 e. The van der Waals surface area contributed by atoms with E-state index in [0.717, 1.165) is 12.8 Å². The molecule has 1 aliphatic carbocycles. The van der Waals surface area contributed by atoms with Gasteiger partial charge < -0.3 is 5.32 Å². The fourth-order valence-corrected chi connectivity index (χ4v) is 2.72. The number of tetrazole rings is 1. The molecule has 0 aliphatic heterocycles. The van der Waals surface area contributed by atoms with Crippen LogP contribution in [0.15, 0.2) is 12.3 Å². The van der Waals surface area contributed by atoms with E-state index < -0.39 is 0 Å². The van der Waals surface area contributed by atoms with E-state index in [1.54, 1.807) is 6.07 Å². The summed E-state index contributed by atoms with van der Waals surface area (Å²) in [4.78, 5) is 16.4. The highest BCUT2D eigenvalue weighted by Crippen LogP contribution is 2.51. The molecule has 0 atom stereocenters. The first-order chi connectivity index (χ1) is 10.5. The summed E-state index contributed by atoms with van der Waals surface area (Å²) >= 11 is 6.16. The van der Waals surface area contributed by atoms with E-state index in [-0.39, 0.29) is 22.0 Å². The summed E-state index contributed by atoms with van der Waals surface area (Å²) in [5.74, 6) is 0.687. The van der Waals surface area contributed by atoms with Gasteiger partial charge in [-0.2, -0.15) is 5.21 Å². The summed E-state index contributed by atoms with van der Waals surface area (Å²) < 4.78 is 0. The standard InChI is InChI=1S/C14H17ClN6O/c1-8(2)14(3-4-14)7-17-13(22)11-10(15)5-9(6-16-11)12-18-20-21-19-12/h5-6,8H,3-4,7H2,1-2H3,(H,17,22)(H,18,19,20,21). The number of pyridine rings is 1. The van der Waals surface area contributed by atoms with Gasteiger partial charge in [-0.15, -0.1) is 10.2 Å². The molecular weight excluding hydrogens is 304 g/mol. The molecule has 7 nitrogen and oxygen atoms in total. The number of carbonyl (C=O) groups excluding carboxylic acids is 1. The third-order valence-corrected chi connectivity index (χ3v) is 4.67. The normalized spacial score (nSPS) is 15.8. The molecule has 116 valence electrons. The van der Waals surface area contributed by atoms with Crippen molar-refractivity contribution < 1.29 is 4.79 Å². The van der Waals surface area contributed by atoms with Crippen LogP contribution in [0.4, 0.5) is 0 Å². The first-order valence-electron chi connectivity index (χ1n) is 7.19. The number of halogens is 1. The second-order valence-corrected chi connectivity index (χ2v) is 6.40. The van der Waals surface area contributed by atoms with Gasteiger partial charge in [-0.05, 0) is 35.5 Å². The van der Waals surface area contributed by atoms with Crippen molar-refractivity contribution in [2.75, 3.05) is 6.54 Å². The molecule has 0 spiro atoms. The van der Waals surface area contributed by atoms with Gasteiger partial charge in [0.15, 0.2) is 0 Å². The molecule has 0 aromatic carbocycles. The van der Waals surface area contributed by atoms with Crippen LogP contribution >= 0.6 is 11.6 Å². The van der Waals surface area contributed by atoms with Gasteiger partial charge in [-0.3, -0.25) is 4.79 Å². The summed E-state index contributed by atoms with van der Waals surface area (Å²) in [7, 11) is 0. The van der Waals surface area contributed by atoms with E-state index in [0.29, 0.717) is 23.9 Å². The van der Waals surface area contributed by atoms with Gasteiger partial charge in [-0.25, -0.2) is 4.98 Å². The number of nitrogens with zero attached hydrogens (tertiary/aromatic N) is 4. The topological polar surface area (TPSA) is 96.5 Å². The van der Waals surface area contributed by atoms with Crippen molar-refractivity contribution in [3.8, 4) is 11.4 Å². The van der Waals surface area contributed by atoms with Crippen molar-refractivity contribution in [2.24, 2.45) is 11.3 Å². The average molecular weight is 321 g/mol. The van der Waals surface area contributed by atoms with Crippen LogP contribution in [-0.2, 0) is 0 Å². The van der Waals surface area contributed by atoms with Crippen molar-refractivity contribution >= 4 is 17.5 Å². The number of aromatic amines is 1. The highest BCUT2D eigenvalue weighted by Gasteiger charge is 2.45. The van der Waals surface area contributed by atoms with Gasteiger partial charge >= 0.3 is 0 Å². The van der Waals surface area contributed by atoms with Gasteiger partial charge in [-0.1, -0.05) is 25.4 Å². The Labute approximate surface area is 132 Å². The Morgan fingerprint density at radius 3 is 2.82 bits per heavy atom. The first kappa shape index (κ1) is 14.9. The number of aromatic nitrogens is 5. The summed E-state index contributed by atoms with van der Waals surface area (Å²) in [6, 6.07) is 1.61. The van der Waals surface area contributed by atoms with Crippen LogP contribution in [0.25, 0.3) is 11.4 Å². The maximum Gasteiger partial charge on any atom is 0.271 e. The fourth-order valence-electron chi connectivity index (χ4n) is 2.47. The van der Waals surface area contributed by atoms with Crippen LogP contribution < -0.4 is 5.32 Å². The summed E-state index contributed by atoms with van der Waals surface area (Å²) in [5.41, 5.74) is 1.07. The molecule has 0 saturated heterocycles. The minimum atomic E-state index is -0.253. The molecule has 2 aromatic rings. The van der Waals surface area contributed by atoms with Crippen molar-refractivity contribution in [3.05, 3.63) is 23.0 Å². The average Bonchev–Trinajstić information content (AvgIpc) is 3.09. The van der Waals surface area contributed by atoms with E-state index in [1.165, 1.54) is 6.20 Å². The number of hydrogen-bond acceptors (Lipinski definition) is 5. The second kappa shape index (κ2) is 5.64. The second-order valence-electron chi connectivity index (χ2n) is 5.99. The molecule has 1 amide bonds. The lowest BCUT2D eigenvalue weighted by Crippen LogP contribution is -2.33. The molecule has 22 heavy (non-hydrogen) atoms. The first-order valence-corrected chi connectivity index (χ1v) is 7.57. The Bertz CT molecular complexity index is 681. The highest BCUT2D eigenvalue weighted by molar-refractivity contribution is 6.33. The lowest BCUT2D eigenvalue weighted by molar-refractivity contribution is 0.0935. The number of carbonyl (C=O) groups is 1. The Balaban J connectivity index is 1.71. The van der Waals surface area contributed by atoms with Crippen LogP contribution in [-0.4, -0.2) is 38.1 Å². The van der Waals surface area contributed by atoms with Gasteiger partial charge in [0.2, 0.25) is 5.82 Å². The molecule has 1 saturated carbocycles. The molecule has 2 aromatic heterocycles. The fraction of sp³-hybridized carbons (Fsp3) is 0.500. The van der Waals surface area contributed by atoms with Crippen LogP contribution in [0.2, 0.25) is 5.02 Å². The molecule has 8 heteroatoms. The number of amides is 1. The van der Waals surface area contributed by atoms with Gasteiger partial charge in [0.05, 0.1) is 5.02 Å². The molecule has 0 unspecified atom stereocenters. The van der Waals surface area contributed by atoms with E-state index in [1.807, 2.05) is 0 Å². The van der Waals surface area contributed by atoms with E-state index in [4.69, 9.17) is 11.6 Å². The van der Waals surface area contributed by atoms with Crippen LogP contribution in [0.1, 0.15) is 37.2 Å². The van der Waals surface area contributed by atoms with Gasteiger partial charge in [0.1, 0.15) is 5.69 Å². The number of nitrogens with one attached hydrogen (secondary N) is 2. The molecule has 2 heterocycles. The lowest BCUT2D eigenvalue weighted by Gasteiger charge is -2.20. The van der Waals surface area contributed by atoms with Crippen molar-refractivity contribution in [3.63, 3.8) is 0 Å². The quantitative estimate of drug-likeness (QED) is 0.879. The smallest absolute Gasteiger partial charge is 0.271 e. The zero-order valence-electron chi connectivity index (χ0n) is 12.4. The van der Waals surface area contributed by atoms with Crippen LogP contribution in [0.5, 0.6) is 0 Å². The molecule has 3 rings (SSSR count). The maximum atomic E-state index is 12.3. The van der Waals surface area contributed by atoms with E-state index >= 15 is 0 Å². The highest BCUT2D eigenvalue weighted by atomic mass is 35.5. The maximum absolute atomic E-state index is 12.3. The van der Waals surface area contributed by atoms with Crippen molar-refractivity contribution in [1.29, 1.82) is 0 Å². The molecule has 2 N–H and O–H groups in total. The van der Waals surface area contributed by atoms with Crippen LogP contribution in [0.3, 0.4) is 0 Å². The zero-order valence-corrected chi connectivity index (χ0v) is 13.2. The third kappa shape index (κ3) is 2.81. The van der Waals surface area contributed by atoms with Crippen molar-refractivity contribution in [2.45, 2.75) is 26.7 Å². The van der Waals surface area contributed by atoms with E-state index in [9.17, 15) is 4.79 Å². The monoisotopic (exact) mass is 320 g/mol. The molecule has 1 fully saturated rings. The number of rotatable bonds is 5. The minimum absolute atomic E-state index is 0.216. The molecule has 1 aliphatic rings. The number of H-pyrrole nitrogens is 1. The Morgan fingerprint density at radius 2 is 2.27 bits per heavy atom. The Hall–Kier alpha value is -2.02. The SMILES string of the molecule is CC(C)C1(CNC(=O)c2ncc(-c3nn[nH]n3)cc2Cl)CC1. The Kier molecular flexibility index (Phi) is 3.82.